The van der Waals surface area contributed by atoms with Crippen LogP contribution >= 0.6 is 0 Å². The van der Waals surface area contributed by atoms with Crippen LogP contribution in [0.1, 0.15) is 11.5 Å². The molecule has 0 saturated carbocycles. The molecular formula is C20H20N2O5. The number of hydrogen-bond acceptors (Lipinski definition) is 4. The summed E-state index contributed by atoms with van der Waals surface area (Å²) in [5.41, 5.74) is 1.49. The summed E-state index contributed by atoms with van der Waals surface area (Å²) < 4.78 is 11.2. The minimum Gasteiger partial charge on any atom is -0.486 e. The van der Waals surface area contributed by atoms with E-state index in [0.717, 1.165) is 5.56 Å². The predicted molar refractivity (Wildman–Crippen MR) is 98.3 cm³/mol. The van der Waals surface area contributed by atoms with Gasteiger partial charge in [0.2, 0.25) is 5.91 Å². The quantitative estimate of drug-likeness (QED) is 0.870. The number of rotatable bonds is 3. The van der Waals surface area contributed by atoms with Gasteiger partial charge in [-0.15, -0.1) is 0 Å². The van der Waals surface area contributed by atoms with Gasteiger partial charge in [0.25, 0.3) is 0 Å². The number of carboxylic acid groups (broad SMARTS) is 1. The zero-order chi connectivity index (χ0) is 18.8. The number of carbonyl (C=O) groups excluding carboxylic acids is 1. The van der Waals surface area contributed by atoms with Crippen molar-refractivity contribution < 1.29 is 24.2 Å². The van der Waals surface area contributed by atoms with E-state index in [1.54, 1.807) is 18.2 Å². The lowest BCUT2D eigenvalue weighted by molar-refractivity contribution is -0.119. The van der Waals surface area contributed by atoms with Crippen LogP contribution in [-0.4, -0.2) is 48.3 Å². The number of amides is 2. The monoisotopic (exact) mass is 368 g/mol. The highest BCUT2D eigenvalue weighted by Crippen LogP contribution is 2.39. The van der Waals surface area contributed by atoms with E-state index in [-0.39, 0.29) is 18.4 Å². The number of fused-ring (bicyclic) bond motifs is 1. The third kappa shape index (κ3) is 3.40. The van der Waals surface area contributed by atoms with Crippen LogP contribution in [0.25, 0.3) is 0 Å². The smallest absolute Gasteiger partial charge is 0.407 e. The lowest BCUT2D eigenvalue weighted by Crippen LogP contribution is -2.31. The molecule has 4 rings (SSSR count). The van der Waals surface area contributed by atoms with Crippen molar-refractivity contribution in [1.29, 1.82) is 0 Å². The summed E-state index contributed by atoms with van der Waals surface area (Å²) >= 11 is 0. The van der Waals surface area contributed by atoms with Crippen LogP contribution in [0.5, 0.6) is 11.5 Å². The van der Waals surface area contributed by atoms with Crippen LogP contribution < -0.4 is 14.8 Å². The predicted octanol–water partition coefficient (Wildman–Crippen LogP) is 2.79. The van der Waals surface area contributed by atoms with Gasteiger partial charge in [-0.05, 0) is 17.7 Å². The second-order valence-corrected chi connectivity index (χ2v) is 6.63. The summed E-state index contributed by atoms with van der Waals surface area (Å²) in [7, 11) is 0. The molecule has 1 fully saturated rings. The number of nitrogens with one attached hydrogen (secondary N) is 1. The Kier molecular flexibility index (Phi) is 4.58. The van der Waals surface area contributed by atoms with Crippen molar-refractivity contribution in [2.75, 3.05) is 31.6 Å². The standard InChI is InChI=1S/C20H20N2O5/c23-19(21-16-7-4-8-17-18(16)27-10-9-26-17)15-12-22(20(24)25)11-14(15)13-5-2-1-3-6-13/h1-8,14-15H,9-12H2,(H,21,23)(H,24,25)/t14-,15+/m1/s1. The zero-order valence-corrected chi connectivity index (χ0v) is 14.6. The molecule has 1 saturated heterocycles. The fourth-order valence-corrected chi connectivity index (χ4v) is 3.66. The van der Waals surface area contributed by atoms with E-state index in [4.69, 9.17) is 9.47 Å². The molecule has 0 radical (unpaired) electrons. The highest BCUT2D eigenvalue weighted by Gasteiger charge is 2.40. The SMILES string of the molecule is O=C(Nc1cccc2c1OCCO2)[C@H]1CN(C(=O)O)C[C@@H]1c1ccccc1. The van der Waals surface area contributed by atoms with Crippen LogP contribution in [0.3, 0.4) is 0 Å². The van der Waals surface area contributed by atoms with Crippen molar-refractivity contribution in [1.82, 2.24) is 4.90 Å². The van der Waals surface area contributed by atoms with Gasteiger partial charge in [0.15, 0.2) is 11.5 Å². The molecule has 2 N–H and O–H groups in total. The third-order valence-corrected chi connectivity index (χ3v) is 4.98. The summed E-state index contributed by atoms with van der Waals surface area (Å²) in [4.78, 5) is 25.8. The Morgan fingerprint density at radius 2 is 1.78 bits per heavy atom. The lowest BCUT2D eigenvalue weighted by atomic mass is 9.88. The van der Waals surface area contributed by atoms with E-state index in [9.17, 15) is 14.7 Å². The Bertz CT molecular complexity index is 855. The van der Waals surface area contributed by atoms with Gasteiger partial charge in [-0.3, -0.25) is 4.79 Å². The van der Waals surface area contributed by atoms with Gasteiger partial charge in [0.05, 0.1) is 11.6 Å². The van der Waals surface area contributed by atoms with Gasteiger partial charge in [-0.25, -0.2) is 4.79 Å². The van der Waals surface area contributed by atoms with Crippen LogP contribution in [0.4, 0.5) is 10.5 Å². The van der Waals surface area contributed by atoms with E-state index in [2.05, 4.69) is 5.32 Å². The summed E-state index contributed by atoms with van der Waals surface area (Å²) in [6.45, 7) is 1.34. The molecule has 0 spiro atoms. The number of nitrogens with zero attached hydrogens (tertiary/aromatic N) is 1. The highest BCUT2D eigenvalue weighted by atomic mass is 16.6. The van der Waals surface area contributed by atoms with E-state index < -0.39 is 12.0 Å². The zero-order valence-electron chi connectivity index (χ0n) is 14.6. The first kappa shape index (κ1) is 17.2. The topological polar surface area (TPSA) is 88.1 Å². The maximum Gasteiger partial charge on any atom is 0.407 e. The molecule has 2 amide bonds. The lowest BCUT2D eigenvalue weighted by Gasteiger charge is -2.23. The molecule has 27 heavy (non-hydrogen) atoms. The second-order valence-electron chi connectivity index (χ2n) is 6.63. The van der Waals surface area contributed by atoms with E-state index >= 15 is 0 Å². The van der Waals surface area contributed by atoms with Crippen molar-refractivity contribution >= 4 is 17.7 Å². The van der Waals surface area contributed by atoms with Crippen molar-refractivity contribution in [3.63, 3.8) is 0 Å². The van der Waals surface area contributed by atoms with Crippen molar-refractivity contribution in [2.24, 2.45) is 5.92 Å². The first-order valence-corrected chi connectivity index (χ1v) is 8.86. The molecule has 0 aromatic heterocycles. The average Bonchev–Trinajstić information content (AvgIpc) is 3.15. The number of ether oxygens (including phenoxy) is 2. The summed E-state index contributed by atoms with van der Waals surface area (Å²) in [5, 5.41) is 12.3. The van der Waals surface area contributed by atoms with Gasteiger partial charge in [0, 0.05) is 19.0 Å². The number of hydrogen-bond donors (Lipinski definition) is 2. The number of anilines is 1. The van der Waals surface area contributed by atoms with Crippen LogP contribution in [0, 0.1) is 5.92 Å². The van der Waals surface area contributed by atoms with Crippen LogP contribution in [-0.2, 0) is 4.79 Å². The molecule has 2 aromatic rings. The van der Waals surface area contributed by atoms with E-state index in [1.165, 1.54) is 4.90 Å². The fourth-order valence-electron chi connectivity index (χ4n) is 3.66. The maximum absolute atomic E-state index is 13.0. The van der Waals surface area contributed by atoms with Gasteiger partial charge in [-0.2, -0.15) is 0 Å². The number of carbonyl (C=O) groups is 2. The minimum absolute atomic E-state index is 0.160. The van der Waals surface area contributed by atoms with Crippen molar-refractivity contribution in [3.8, 4) is 11.5 Å². The van der Waals surface area contributed by atoms with Gasteiger partial charge >= 0.3 is 6.09 Å². The molecule has 2 aromatic carbocycles. The van der Waals surface area contributed by atoms with Gasteiger partial charge in [-0.1, -0.05) is 36.4 Å². The third-order valence-electron chi connectivity index (χ3n) is 4.98. The molecule has 0 unspecified atom stereocenters. The molecule has 0 aliphatic carbocycles. The molecule has 2 atom stereocenters. The number of para-hydroxylation sites is 1. The molecule has 7 heteroatoms. The second kappa shape index (κ2) is 7.19. The highest BCUT2D eigenvalue weighted by molar-refractivity contribution is 5.96. The Morgan fingerprint density at radius 3 is 2.56 bits per heavy atom. The number of benzene rings is 2. The van der Waals surface area contributed by atoms with Crippen molar-refractivity contribution in [2.45, 2.75) is 5.92 Å². The molecule has 2 aliphatic heterocycles. The van der Waals surface area contributed by atoms with E-state index in [1.807, 2.05) is 30.3 Å². The molecular weight excluding hydrogens is 348 g/mol. The first-order valence-electron chi connectivity index (χ1n) is 8.86. The van der Waals surface area contributed by atoms with Crippen LogP contribution in [0.15, 0.2) is 48.5 Å². The largest absolute Gasteiger partial charge is 0.486 e. The molecule has 0 bridgehead atoms. The van der Waals surface area contributed by atoms with Gasteiger partial charge in [0.1, 0.15) is 13.2 Å². The normalized spacial score (nSPS) is 21.0. The van der Waals surface area contributed by atoms with Crippen molar-refractivity contribution in [3.05, 3.63) is 54.1 Å². The molecule has 2 heterocycles. The Balaban J connectivity index is 1.59. The van der Waals surface area contributed by atoms with Gasteiger partial charge < -0.3 is 24.8 Å². The molecule has 2 aliphatic rings. The van der Waals surface area contributed by atoms with Crippen LogP contribution in [0.2, 0.25) is 0 Å². The Labute approximate surface area is 156 Å². The molecule has 140 valence electrons. The summed E-state index contributed by atoms with van der Waals surface area (Å²) in [5.74, 6) is 0.205. The summed E-state index contributed by atoms with van der Waals surface area (Å²) in [6.07, 6.45) is -1.01. The fraction of sp³-hybridized carbons (Fsp3) is 0.300. The molecule has 7 nitrogen and oxygen atoms in total. The minimum atomic E-state index is -1.01. The summed E-state index contributed by atoms with van der Waals surface area (Å²) in [6, 6.07) is 14.9. The van der Waals surface area contributed by atoms with E-state index in [0.29, 0.717) is 36.9 Å². The Hall–Kier alpha value is -3.22. The first-order chi connectivity index (χ1) is 13.1. The maximum atomic E-state index is 13.0. The average molecular weight is 368 g/mol. The Morgan fingerprint density at radius 1 is 1.00 bits per heavy atom. The number of likely N-dealkylation sites (tertiary alicyclic amines) is 1.